The number of hydrogen-bond acceptors (Lipinski definition) is 5. The number of rotatable bonds is 15. The highest BCUT2D eigenvalue weighted by Crippen LogP contribution is 2.20. The number of carboxylic acid groups (broad SMARTS) is 1. The van der Waals surface area contributed by atoms with Gasteiger partial charge in [0, 0.05) is 42.5 Å². The van der Waals surface area contributed by atoms with E-state index in [1.165, 1.54) is 0 Å². The molecular weight excluding hydrogens is 396 g/mol. The smallest absolute Gasteiger partial charge is 0.339 e. The van der Waals surface area contributed by atoms with Gasteiger partial charge < -0.3 is 14.6 Å². The number of aromatic carboxylic acids is 1. The van der Waals surface area contributed by atoms with Crippen molar-refractivity contribution >= 4 is 17.9 Å². The number of ether oxygens (including phenoxy) is 2. The molecule has 0 bridgehead atoms. The van der Waals surface area contributed by atoms with E-state index in [4.69, 9.17) is 46.6 Å². The molecule has 0 aliphatic rings. The van der Waals surface area contributed by atoms with Crippen LogP contribution in [0.5, 0.6) is 0 Å². The Morgan fingerprint density at radius 1 is 1.00 bits per heavy atom. The molecule has 0 aliphatic carbocycles. The summed E-state index contributed by atoms with van der Waals surface area (Å²) in [6.07, 6.45) is -48.9. The van der Waals surface area contributed by atoms with Crippen molar-refractivity contribution in [2.45, 2.75) is 90.8 Å². The second-order valence-electron chi connectivity index (χ2n) is 4.78. The first-order chi connectivity index (χ1) is 27.8. The first-order valence-corrected chi connectivity index (χ1v) is 7.64. The van der Waals surface area contributed by atoms with Crippen LogP contribution in [-0.4, -0.2) is 35.7 Å². The fourth-order valence-electron chi connectivity index (χ4n) is 1.70. The van der Waals surface area contributed by atoms with Gasteiger partial charge in [0.15, 0.2) is 0 Å². The van der Waals surface area contributed by atoms with E-state index >= 15 is 0 Å². The predicted molar refractivity (Wildman–Crippen MR) is 121 cm³/mol. The Morgan fingerprint density at radius 2 is 1.77 bits per heavy atom. The van der Waals surface area contributed by atoms with Crippen molar-refractivity contribution in [2.75, 3.05) is 6.56 Å². The van der Waals surface area contributed by atoms with Gasteiger partial charge in [-0.3, -0.25) is 0 Å². The average molecular weight is 469 g/mol. The van der Waals surface area contributed by atoms with Gasteiger partial charge in [0.1, 0.15) is 6.08 Å². The van der Waals surface area contributed by atoms with Crippen molar-refractivity contribution < 1.29 is 75.6 Å². The molecule has 0 amide bonds. The molecule has 0 spiro atoms. The summed E-state index contributed by atoms with van der Waals surface area (Å²) < 4.78 is 280. The lowest BCUT2D eigenvalue weighted by atomic mass is 10.0. The van der Waals surface area contributed by atoms with Crippen molar-refractivity contribution in [3.8, 4) is 0 Å². The maximum absolute atomic E-state index is 13.9. The van der Waals surface area contributed by atoms with Crippen LogP contribution in [0.1, 0.15) is 162 Å². The van der Waals surface area contributed by atoms with E-state index in [0.29, 0.717) is 6.07 Å². The van der Waals surface area contributed by atoms with Gasteiger partial charge in [0.2, 0.25) is 0 Å². The molecule has 31 heavy (non-hydrogen) atoms. The molecule has 1 N–H and O–H groups in total. The third-order valence-corrected chi connectivity index (χ3v) is 2.94. The highest BCUT2D eigenvalue weighted by molar-refractivity contribution is 6.05. The summed E-state index contributed by atoms with van der Waals surface area (Å²) in [5, 5.41) is 9.60. The molecule has 0 aliphatic heterocycles. The molecular formula is C25H38O6. The van der Waals surface area contributed by atoms with E-state index in [9.17, 15) is 19.5 Å². The zero-order valence-corrected chi connectivity index (χ0v) is 15.2. The van der Waals surface area contributed by atoms with Gasteiger partial charge >= 0.3 is 17.9 Å². The molecule has 1 aromatic carbocycles. The molecule has 2 unspecified atom stereocenters. The van der Waals surface area contributed by atoms with E-state index in [1.807, 2.05) is 0 Å². The molecule has 0 heterocycles. The van der Waals surface area contributed by atoms with Crippen molar-refractivity contribution in [3.05, 3.63) is 34.9 Å². The van der Waals surface area contributed by atoms with Gasteiger partial charge in [0.05, 0.1) is 27.4 Å². The zero-order valence-electron chi connectivity index (χ0n) is 49.2. The molecule has 0 saturated carbocycles. The monoisotopic (exact) mass is 468 g/mol. The zero-order chi connectivity index (χ0) is 53.0. The van der Waals surface area contributed by atoms with E-state index in [2.05, 4.69) is 9.47 Å². The number of carbonyl (C=O) groups excluding carboxylic acids is 2. The van der Waals surface area contributed by atoms with Gasteiger partial charge in [-0.15, -0.1) is 0 Å². The minimum Gasteiger partial charge on any atom is -0.478 e. The predicted octanol–water partition coefficient (Wildman–Crippen LogP) is 6.27. The average Bonchev–Trinajstić information content (AvgIpc) is 3.07. The molecule has 2 atom stereocenters. The van der Waals surface area contributed by atoms with Gasteiger partial charge in [-0.2, -0.15) is 0 Å². The van der Waals surface area contributed by atoms with Crippen LogP contribution >= 0.6 is 0 Å². The highest BCUT2D eigenvalue weighted by atomic mass is 16.5. The second-order valence-corrected chi connectivity index (χ2v) is 4.78. The molecule has 6 heteroatoms. The third kappa shape index (κ3) is 9.11. The van der Waals surface area contributed by atoms with Crippen molar-refractivity contribution in [1.82, 2.24) is 0 Å². The summed E-state index contributed by atoms with van der Waals surface area (Å²) in [6.45, 7) is -22.6. The van der Waals surface area contributed by atoms with Crippen molar-refractivity contribution in [3.63, 3.8) is 0 Å². The lowest BCUT2D eigenvalue weighted by Crippen LogP contribution is -2.22. The van der Waals surface area contributed by atoms with E-state index in [0.717, 1.165) is 0 Å². The van der Waals surface area contributed by atoms with E-state index in [1.54, 1.807) is 0 Å². The number of carbonyl (C=O) groups is 3. The molecule has 0 fully saturated rings. The van der Waals surface area contributed by atoms with Crippen LogP contribution in [0.15, 0.2) is 18.2 Å². The topological polar surface area (TPSA) is 89.9 Å². The fraction of sp³-hybridized carbons (Fsp3) is 0.640. The Labute approximate surface area is 234 Å². The normalized spacial score (nSPS) is 37.3. The van der Waals surface area contributed by atoms with Gasteiger partial charge in [-0.25, -0.2) is 14.4 Å². The Kier molecular flexibility index (Phi) is 2.62. The standard InChI is InChI=1S/C25H38O6/c1-5-9-11-13-20(8-4)31-25(29)21-15-14-19(23(26)27)16-22(21)24(28)30-17-18(7-3)12-10-6-2/h14-16,18,20H,5-13,17H2,1-4H3,(H,26,27)/i1D3,2D3,3D3,4D3,5D2,6D2,7D2,8D2,9D2,10D2,11D2,12D2,13D2,17D2,18D,20D. The Balaban J connectivity index is 4.48. The van der Waals surface area contributed by atoms with E-state index in [-0.39, 0.29) is 12.1 Å². The number of esters is 2. The summed E-state index contributed by atoms with van der Waals surface area (Å²) in [5.74, 6) is -12.7. The van der Waals surface area contributed by atoms with Crippen molar-refractivity contribution in [2.24, 2.45) is 5.89 Å². The number of carboxylic acids is 1. The molecule has 174 valence electrons. The second kappa shape index (κ2) is 14.6. The van der Waals surface area contributed by atoms with Gasteiger partial charge in [0.25, 0.3) is 0 Å². The SMILES string of the molecule is [2H]C([2H])([2H])C([2H])([2H])C([2H])([2H])C([2H])([2H])C([2H])([2H])C([2H])(OC(=O)c1ccc(C(=O)O)cc1C(=O)OC([2H])([2H])C([2H])(C([2H])([2H])C([2H])([2H])[2H])C([2H])([2H])C([2H])([2H])C([2H])([2H])C([2H])([2H])[2H])C([2H])([2H])C([2H])([2H])[2H]. The Bertz CT molecular complexity index is 1990. The molecule has 6 nitrogen and oxygen atoms in total. The minimum atomic E-state index is -5.26. The molecule has 1 aromatic rings. The molecule has 0 radical (unpaired) electrons. The molecule has 0 saturated heterocycles. The highest BCUT2D eigenvalue weighted by Gasteiger charge is 2.24. The quantitative estimate of drug-likeness (QED) is 0.305. The minimum absolute atomic E-state index is 0.0516. The Hall–Kier alpha value is -2.37. The van der Waals surface area contributed by atoms with Crippen LogP contribution in [0.25, 0.3) is 0 Å². The molecule has 0 aromatic heterocycles. The first-order valence-electron chi connectivity index (χ1n) is 24.6. The summed E-state index contributed by atoms with van der Waals surface area (Å²) >= 11 is 0. The van der Waals surface area contributed by atoms with Crippen LogP contribution in [0, 0.1) is 5.89 Å². The summed E-state index contributed by atoms with van der Waals surface area (Å²) in [5.41, 5.74) is -4.84. The fourth-order valence-corrected chi connectivity index (χ4v) is 1.70. The summed E-state index contributed by atoms with van der Waals surface area (Å²) in [4.78, 5) is 39.7. The van der Waals surface area contributed by atoms with Crippen LogP contribution in [0.4, 0.5) is 0 Å². The maximum atomic E-state index is 13.9. The van der Waals surface area contributed by atoms with Crippen LogP contribution < -0.4 is 0 Å². The lowest BCUT2D eigenvalue weighted by Gasteiger charge is -2.18. The largest absolute Gasteiger partial charge is 0.478 e. The Morgan fingerprint density at radius 3 is 2.48 bits per heavy atom. The van der Waals surface area contributed by atoms with Crippen molar-refractivity contribution in [1.29, 1.82) is 0 Å². The van der Waals surface area contributed by atoms with Crippen LogP contribution in [-0.2, 0) is 9.47 Å². The van der Waals surface area contributed by atoms with Crippen LogP contribution in [0.3, 0.4) is 0 Å². The lowest BCUT2D eigenvalue weighted by molar-refractivity contribution is 0.0254. The van der Waals surface area contributed by atoms with Crippen LogP contribution in [0.2, 0.25) is 0 Å². The van der Waals surface area contributed by atoms with Gasteiger partial charge in [-0.05, 0) is 49.6 Å². The summed E-state index contributed by atoms with van der Waals surface area (Å²) in [7, 11) is 0. The van der Waals surface area contributed by atoms with Gasteiger partial charge in [-0.1, -0.05) is 59.3 Å². The third-order valence-electron chi connectivity index (χ3n) is 2.94. The molecule has 1 rings (SSSR count). The first kappa shape index (κ1) is 5.57. The summed E-state index contributed by atoms with van der Waals surface area (Å²) in [6, 6.07) is 0.334. The number of hydrogen-bond donors (Lipinski definition) is 1. The maximum Gasteiger partial charge on any atom is 0.339 e. The van der Waals surface area contributed by atoms with E-state index < -0.39 is 138 Å². The number of benzene rings is 1.